The zero-order valence-electron chi connectivity index (χ0n) is 17.9. The van der Waals surface area contributed by atoms with Crippen LogP contribution in [-0.4, -0.2) is 58.1 Å². The number of urea groups is 1. The van der Waals surface area contributed by atoms with Crippen LogP contribution in [0.1, 0.15) is 33.6 Å². The van der Waals surface area contributed by atoms with Gasteiger partial charge in [-0.15, -0.1) is 0 Å². The van der Waals surface area contributed by atoms with E-state index in [0.717, 1.165) is 0 Å². The highest BCUT2D eigenvalue weighted by Gasteiger charge is 2.24. The van der Waals surface area contributed by atoms with Crippen molar-refractivity contribution in [3.63, 3.8) is 0 Å². The molecule has 0 radical (unpaired) electrons. The Morgan fingerprint density at radius 1 is 1.23 bits per heavy atom. The summed E-state index contributed by atoms with van der Waals surface area (Å²) in [6.07, 6.45) is 2.83. The predicted molar refractivity (Wildman–Crippen MR) is 116 cm³/mol. The molecule has 1 aromatic carbocycles. The molecule has 9 heteroatoms. The number of hydrogen-bond acceptors (Lipinski definition) is 7. The lowest BCUT2D eigenvalue weighted by atomic mass is 10.0. The first-order chi connectivity index (χ1) is 14.3. The van der Waals surface area contributed by atoms with E-state index in [1.165, 1.54) is 4.90 Å². The molecule has 1 atom stereocenters. The van der Waals surface area contributed by atoms with Crippen molar-refractivity contribution in [1.82, 2.24) is 15.3 Å². The van der Waals surface area contributed by atoms with Gasteiger partial charge in [-0.3, -0.25) is 0 Å². The highest BCUT2D eigenvalue weighted by atomic mass is 16.5. The van der Waals surface area contributed by atoms with Gasteiger partial charge in [0, 0.05) is 25.4 Å². The normalized spacial score (nSPS) is 12.2. The van der Waals surface area contributed by atoms with Crippen molar-refractivity contribution >= 4 is 23.5 Å². The minimum Gasteiger partial charge on any atom is -0.497 e. The molecule has 1 heterocycles. The quantitative estimate of drug-likeness (QED) is 0.439. The topological polar surface area (TPSA) is 120 Å². The van der Waals surface area contributed by atoms with Gasteiger partial charge in [0.25, 0.3) is 0 Å². The zero-order chi connectivity index (χ0) is 22.1. The molecule has 9 nitrogen and oxygen atoms in total. The number of nitrogens with zero attached hydrogens (tertiary/aromatic N) is 3. The number of nitrogens with one attached hydrogen (secondary N) is 2. The van der Waals surface area contributed by atoms with Gasteiger partial charge < -0.3 is 25.6 Å². The standard InChI is InChI=1S/C21H31N5O4/c1-15(21(2,3)29)24-19-22-13-11-18(25-19)26(20(28)23-12-5-6-14-27)16-7-9-17(30-4)10-8-16/h7-11,13,15,27,29H,5-6,12,14H2,1-4H3,(H,23,28)(H,22,24,25). The van der Waals surface area contributed by atoms with Gasteiger partial charge in [0.15, 0.2) is 0 Å². The van der Waals surface area contributed by atoms with Crippen LogP contribution in [0.2, 0.25) is 0 Å². The number of hydrogen-bond donors (Lipinski definition) is 4. The maximum atomic E-state index is 13.0. The van der Waals surface area contributed by atoms with Gasteiger partial charge >= 0.3 is 6.03 Å². The molecule has 30 heavy (non-hydrogen) atoms. The maximum Gasteiger partial charge on any atom is 0.327 e. The second kappa shape index (κ2) is 10.7. The average molecular weight is 418 g/mol. The van der Waals surface area contributed by atoms with Crippen molar-refractivity contribution in [3.8, 4) is 5.75 Å². The molecule has 0 fully saturated rings. The van der Waals surface area contributed by atoms with Crippen LogP contribution in [0.3, 0.4) is 0 Å². The first-order valence-corrected chi connectivity index (χ1v) is 9.91. The molecule has 164 valence electrons. The Labute approximate surface area is 177 Å². The van der Waals surface area contributed by atoms with Gasteiger partial charge in [-0.25, -0.2) is 14.7 Å². The third-order valence-electron chi connectivity index (χ3n) is 4.67. The van der Waals surface area contributed by atoms with Crippen molar-refractivity contribution in [1.29, 1.82) is 0 Å². The van der Waals surface area contributed by atoms with Crippen LogP contribution >= 0.6 is 0 Å². The number of rotatable bonds is 10. The van der Waals surface area contributed by atoms with Crippen LogP contribution in [0.5, 0.6) is 5.75 Å². The van der Waals surface area contributed by atoms with E-state index >= 15 is 0 Å². The van der Waals surface area contributed by atoms with Gasteiger partial charge in [0.05, 0.1) is 24.4 Å². The first kappa shape index (κ1) is 23.4. The number of carbonyl (C=O) groups is 1. The fourth-order valence-electron chi connectivity index (χ4n) is 2.51. The van der Waals surface area contributed by atoms with Gasteiger partial charge in [0.1, 0.15) is 11.6 Å². The van der Waals surface area contributed by atoms with E-state index < -0.39 is 5.60 Å². The van der Waals surface area contributed by atoms with Gasteiger partial charge in [-0.1, -0.05) is 0 Å². The molecule has 0 aliphatic carbocycles. The number of methoxy groups -OCH3 is 1. The largest absolute Gasteiger partial charge is 0.497 e. The van der Waals surface area contributed by atoms with Crippen LogP contribution in [0.15, 0.2) is 36.5 Å². The van der Waals surface area contributed by atoms with E-state index in [9.17, 15) is 9.90 Å². The Bertz CT molecular complexity index is 808. The second-order valence-corrected chi connectivity index (χ2v) is 7.45. The highest BCUT2D eigenvalue weighted by molar-refractivity contribution is 5.98. The zero-order valence-corrected chi connectivity index (χ0v) is 17.9. The van der Waals surface area contributed by atoms with Crippen molar-refractivity contribution in [2.75, 3.05) is 30.5 Å². The van der Waals surface area contributed by atoms with Crippen LogP contribution in [-0.2, 0) is 0 Å². The van der Waals surface area contributed by atoms with Crippen molar-refractivity contribution in [2.45, 2.75) is 45.3 Å². The minimum absolute atomic E-state index is 0.0817. The summed E-state index contributed by atoms with van der Waals surface area (Å²) in [5.74, 6) is 1.35. The lowest BCUT2D eigenvalue weighted by Crippen LogP contribution is -2.40. The number of benzene rings is 1. The minimum atomic E-state index is -0.973. The number of unbranched alkanes of at least 4 members (excludes halogenated alkanes) is 1. The van der Waals surface area contributed by atoms with Gasteiger partial charge in [-0.2, -0.15) is 4.98 Å². The van der Waals surface area contributed by atoms with Crippen molar-refractivity contribution in [2.24, 2.45) is 0 Å². The molecular formula is C21H31N5O4. The summed E-state index contributed by atoms with van der Waals surface area (Å²) in [6, 6.07) is 8.03. The molecule has 1 unspecified atom stereocenters. The van der Waals surface area contributed by atoms with Crippen LogP contribution in [0.4, 0.5) is 22.2 Å². The van der Waals surface area contributed by atoms with E-state index in [-0.39, 0.29) is 18.7 Å². The van der Waals surface area contributed by atoms with E-state index in [4.69, 9.17) is 9.84 Å². The molecule has 0 aliphatic heterocycles. The smallest absolute Gasteiger partial charge is 0.327 e. The first-order valence-electron chi connectivity index (χ1n) is 9.91. The van der Waals surface area contributed by atoms with Crippen LogP contribution in [0, 0.1) is 0 Å². The average Bonchev–Trinajstić information content (AvgIpc) is 2.71. The maximum absolute atomic E-state index is 13.0. The third-order valence-corrected chi connectivity index (χ3v) is 4.67. The van der Waals surface area contributed by atoms with E-state index in [1.807, 2.05) is 6.92 Å². The highest BCUT2D eigenvalue weighted by Crippen LogP contribution is 2.27. The van der Waals surface area contributed by atoms with E-state index in [1.54, 1.807) is 57.5 Å². The molecule has 2 aromatic rings. The summed E-state index contributed by atoms with van der Waals surface area (Å²) in [6.45, 7) is 5.72. The Morgan fingerprint density at radius 3 is 2.53 bits per heavy atom. The molecule has 0 spiro atoms. The number of anilines is 3. The molecule has 0 bridgehead atoms. The van der Waals surface area contributed by atoms with E-state index in [2.05, 4.69) is 20.6 Å². The van der Waals surface area contributed by atoms with Crippen molar-refractivity contribution < 1.29 is 19.7 Å². The summed E-state index contributed by atoms with van der Waals surface area (Å²) in [5.41, 5.74) is -0.366. The summed E-state index contributed by atoms with van der Waals surface area (Å²) in [7, 11) is 1.58. The van der Waals surface area contributed by atoms with Crippen LogP contribution < -0.4 is 20.3 Å². The molecule has 0 saturated carbocycles. The summed E-state index contributed by atoms with van der Waals surface area (Å²) >= 11 is 0. The molecule has 4 N–H and O–H groups in total. The molecule has 0 saturated heterocycles. The fraction of sp³-hybridized carbons (Fsp3) is 0.476. The fourth-order valence-corrected chi connectivity index (χ4v) is 2.51. The second-order valence-electron chi connectivity index (χ2n) is 7.45. The summed E-state index contributed by atoms with van der Waals surface area (Å²) in [4.78, 5) is 23.1. The third kappa shape index (κ3) is 6.57. The van der Waals surface area contributed by atoms with Crippen molar-refractivity contribution in [3.05, 3.63) is 36.5 Å². The van der Waals surface area contributed by atoms with Gasteiger partial charge in [-0.05, 0) is 57.9 Å². The number of amides is 2. The Balaban J connectivity index is 2.31. The summed E-state index contributed by atoms with van der Waals surface area (Å²) < 4.78 is 5.20. The monoisotopic (exact) mass is 417 g/mol. The molecule has 2 amide bonds. The number of aromatic nitrogens is 2. The lowest BCUT2D eigenvalue weighted by Gasteiger charge is -2.27. The molecular weight excluding hydrogens is 386 g/mol. The number of aliphatic hydroxyl groups excluding tert-OH is 1. The molecule has 1 aromatic heterocycles. The van der Waals surface area contributed by atoms with E-state index in [0.29, 0.717) is 42.6 Å². The Morgan fingerprint density at radius 2 is 1.93 bits per heavy atom. The number of ether oxygens (including phenoxy) is 1. The summed E-state index contributed by atoms with van der Waals surface area (Å²) in [5, 5.41) is 25.0. The molecule has 0 aliphatic rings. The van der Waals surface area contributed by atoms with Crippen LogP contribution in [0.25, 0.3) is 0 Å². The number of aliphatic hydroxyl groups is 2. The molecule has 2 rings (SSSR count). The predicted octanol–water partition coefficient (Wildman–Crippen LogP) is 2.68. The number of carbonyl (C=O) groups excluding carboxylic acids is 1. The van der Waals surface area contributed by atoms with Gasteiger partial charge in [0.2, 0.25) is 5.95 Å². The Kier molecular flexibility index (Phi) is 8.37. The lowest BCUT2D eigenvalue weighted by molar-refractivity contribution is 0.0646. The SMILES string of the molecule is COc1ccc(N(C(=O)NCCCCO)c2ccnc(NC(C)C(C)(C)O)n2)cc1. The Hall–Kier alpha value is -2.91.